The minimum absolute atomic E-state index is 0.0769. The normalized spacial score (nSPS) is 29.1. The quantitative estimate of drug-likeness (QED) is 0.670. The largest absolute Gasteiger partial charge is 0.372 e. The molecular formula is C9H12N2O. The fraction of sp³-hybridized carbons (Fsp3) is 0.444. The molecule has 2 heterocycles. The Morgan fingerprint density at radius 1 is 1.42 bits per heavy atom. The molecule has 2 unspecified atom stereocenters. The van der Waals surface area contributed by atoms with Gasteiger partial charge >= 0.3 is 0 Å². The molecule has 3 nitrogen and oxygen atoms in total. The molecule has 0 amide bonds. The summed E-state index contributed by atoms with van der Waals surface area (Å²) in [6.45, 7) is 0.772. The van der Waals surface area contributed by atoms with Crippen LogP contribution in [0.5, 0.6) is 0 Å². The zero-order valence-corrected chi connectivity index (χ0v) is 6.81. The first-order valence-electron chi connectivity index (χ1n) is 4.15. The Bertz CT molecular complexity index is 250. The van der Waals surface area contributed by atoms with Crippen molar-refractivity contribution < 1.29 is 4.74 Å². The van der Waals surface area contributed by atoms with Crippen LogP contribution in [0.4, 0.5) is 0 Å². The van der Waals surface area contributed by atoms with Crippen LogP contribution in [-0.4, -0.2) is 17.6 Å². The second-order valence-electron chi connectivity index (χ2n) is 3.02. The van der Waals surface area contributed by atoms with E-state index in [1.54, 1.807) is 12.4 Å². The molecule has 1 aromatic rings. The fourth-order valence-corrected chi connectivity index (χ4v) is 1.50. The van der Waals surface area contributed by atoms with E-state index in [1.807, 2.05) is 12.1 Å². The minimum atomic E-state index is 0.0769. The Morgan fingerprint density at radius 2 is 2.17 bits per heavy atom. The Balaban J connectivity index is 2.19. The maximum atomic E-state index is 5.87. The summed E-state index contributed by atoms with van der Waals surface area (Å²) in [5.74, 6) is 0. The zero-order valence-electron chi connectivity index (χ0n) is 6.81. The maximum absolute atomic E-state index is 5.87. The lowest BCUT2D eigenvalue weighted by molar-refractivity contribution is 0.105. The maximum Gasteiger partial charge on any atom is 0.0977 e. The lowest BCUT2D eigenvalue weighted by Crippen LogP contribution is -2.23. The van der Waals surface area contributed by atoms with E-state index in [4.69, 9.17) is 10.5 Å². The third-order valence-corrected chi connectivity index (χ3v) is 2.17. The van der Waals surface area contributed by atoms with Gasteiger partial charge in [-0.25, -0.2) is 0 Å². The van der Waals surface area contributed by atoms with Gasteiger partial charge in [-0.05, 0) is 24.1 Å². The van der Waals surface area contributed by atoms with Crippen LogP contribution >= 0.6 is 0 Å². The first-order chi connectivity index (χ1) is 5.88. The first-order valence-corrected chi connectivity index (χ1v) is 4.15. The number of nitrogens with two attached hydrogens (primary N) is 1. The average Bonchev–Trinajstić information content (AvgIpc) is 2.53. The number of aromatic nitrogens is 1. The lowest BCUT2D eigenvalue weighted by Gasteiger charge is -2.13. The van der Waals surface area contributed by atoms with Gasteiger partial charge in [0.1, 0.15) is 0 Å². The van der Waals surface area contributed by atoms with Crippen molar-refractivity contribution in [3.8, 4) is 0 Å². The highest BCUT2D eigenvalue weighted by atomic mass is 16.5. The number of nitrogens with zero attached hydrogens (tertiary/aromatic N) is 1. The van der Waals surface area contributed by atoms with Crippen LogP contribution in [0.3, 0.4) is 0 Å². The van der Waals surface area contributed by atoms with Gasteiger partial charge < -0.3 is 10.5 Å². The zero-order chi connectivity index (χ0) is 8.39. The molecule has 1 aliphatic heterocycles. The molecule has 1 fully saturated rings. The van der Waals surface area contributed by atoms with Gasteiger partial charge in [0.25, 0.3) is 0 Å². The van der Waals surface area contributed by atoms with Gasteiger partial charge in [-0.1, -0.05) is 0 Å². The van der Waals surface area contributed by atoms with Gasteiger partial charge in [0.15, 0.2) is 0 Å². The number of hydrogen-bond acceptors (Lipinski definition) is 3. The van der Waals surface area contributed by atoms with Crippen LogP contribution in [-0.2, 0) is 4.74 Å². The van der Waals surface area contributed by atoms with E-state index in [9.17, 15) is 0 Å². The van der Waals surface area contributed by atoms with Crippen molar-refractivity contribution in [3.63, 3.8) is 0 Å². The summed E-state index contributed by atoms with van der Waals surface area (Å²) in [4.78, 5) is 3.95. The predicted molar refractivity (Wildman–Crippen MR) is 45.5 cm³/mol. The number of pyridine rings is 1. The summed E-state index contributed by atoms with van der Waals surface area (Å²) in [5.41, 5.74) is 7.00. The van der Waals surface area contributed by atoms with E-state index < -0.39 is 0 Å². The van der Waals surface area contributed by atoms with Crippen molar-refractivity contribution in [2.24, 2.45) is 5.73 Å². The summed E-state index contributed by atoms with van der Waals surface area (Å²) >= 11 is 0. The molecule has 1 aromatic heterocycles. The monoisotopic (exact) mass is 164 g/mol. The molecule has 64 valence electrons. The third-order valence-electron chi connectivity index (χ3n) is 2.17. The van der Waals surface area contributed by atoms with E-state index in [1.165, 1.54) is 0 Å². The topological polar surface area (TPSA) is 48.1 Å². The van der Waals surface area contributed by atoms with E-state index in [2.05, 4.69) is 4.98 Å². The minimum Gasteiger partial charge on any atom is -0.372 e. The van der Waals surface area contributed by atoms with Crippen LogP contribution in [0.25, 0.3) is 0 Å². The van der Waals surface area contributed by atoms with Gasteiger partial charge in [-0.2, -0.15) is 0 Å². The summed E-state index contributed by atoms with van der Waals surface area (Å²) in [6, 6.07) is 4.05. The number of rotatable bonds is 1. The molecule has 2 rings (SSSR count). The molecule has 1 aliphatic rings. The van der Waals surface area contributed by atoms with Crippen molar-refractivity contribution in [1.82, 2.24) is 4.98 Å². The first kappa shape index (κ1) is 7.71. The SMILES string of the molecule is NC1CCOC1c1ccncc1. The van der Waals surface area contributed by atoms with Crippen molar-refractivity contribution in [3.05, 3.63) is 30.1 Å². The Morgan fingerprint density at radius 3 is 2.75 bits per heavy atom. The van der Waals surface area contributed by atoms with Crippen LogP contribution in [0, 0.1) is 0 Å². The molecule has 1 saturated heterocycles. The lowest BCUT2D eigenvalue weighted by atomic mass is 10.0. The molecular weight excluding hydrogens is 152 g/mol. The van der Waals surface area contributed by atoms with E-state index >= 15 is 0 Å². The van der Waals surface area contributed by atoms with Crippen molar-refractivity contribution in [2.45, 2.75) is 18.6 Å². The summed E-state index contributed by atoms with van der Waals surface area (Å²) in [6.07, 6.45) is 4.56. The van der Waals surface area contributed by atoms with Gasteiger partial charge in [0.2, 0.25) is 0 Å². The van der Waals surface area contributed by atoms with Gasteiger partial charge in [0.05, 0.1) is 6.10 Å². The molecule has 12 heavy (non-hydrogen) atoms. The van der Waals surface area contributed by atoms with Gasteiger partial charge in [-0.3, -0.25) is 4.98 Å². The molecule has 0 bridgehead atoms. The van der Waals surface area contributed by atoms with Crippen LogP contribution < -0.4 is 5.73 Å². The fourth-order valence-electron chi connectivity index (χ4n) is 1.50. The second kappa shape index (κ2) is 3.21. The second-order valence-corrected chi connectivity index (χ2v) is 3.02. The van der Waals surface area contributed by atoms with E-state index in [-0.39, 0.29) is 12.1 Å². The molecule has 0 aromatic carbocycles. The number of hydrogen-bond donors (Lipinski definition) is 1. The Labute approximate surface area is 71.6 Å². The molecule has 2 N–H and O–H groups in total. The Hall–Kier alpha value is -0.930. The van der Waals surface area contributed by atoms with Crippen molar-refractivity contribution in [1.29, 1.82) is 0 Å². The average molecular weight is 164 g/mol. The predicted octanol–water partition coefficient (Wildman–Crippen LogP) is 0.870. The summed E-state index contributed by atoms with van der Waals surface area (Å²) < 4.78 is 5.50. The summed E-state index contributed by atoms with van der Waals surface area (Å²) in [7, 11) is 0. The molecule has 0 spiro atoms. The Kier molecular flexibility index (Phi) is 2.06. The molecule has 2 atom stereocenters. The molecule has 3 heteroatoms. The van der Waals surface area contributed by atoms with Gasteiger partial charge in [-0.15, -0.1) is 0 Å². The highest BCUT2D eigenvalue weighted by Crippen LogP contribution is 2.26. The highest BCUT2D eigenvalue weighted by molar-refractivity contribution is 5.16. The highest BCUT2D eigenvalue weighted by Gasteiger charge is 2.25. The van der Waals surface area contributed by atoms with Crippen molar-refractivity contribution >= 4 is 0 Å². The van der Waals surface area contributed by atoms with Crippen LogP contribution in [0.1, 0.15) is 18.1 Å². The van der Waals surface area contributed by atoms with Gasteiger partial charge in [0, 0.05) is 25.0 Å². The molecule has 0 saturated carbocycles. The van der Waals surface area contributed by atoms with Crippen molar-refractivity contribution in [2.75, 3.05) is 6.61 Å². The van der Waals surface area contributed by atoms with E-state index in [0.717, 1.165) is 18.6 Å². The van der Waals surface area contributed by atoms with Crippen LogP contribution in [0.2, 0.25) is 0 Å². The smallest absolute Gasteiger partial charge is 0.0977 e. The number of ether oxygens (including phenoxy) is 1. The van der Waals surface area contributed by atoms with E-state index in [0.29, 0.717) is 0 Å². The third kappa shape index (κ3) is 1.33. The molecule has 0 radical (unpaired) electrons. The standard InChI is InChI=1S/C9H12N2O/c10-8-3-6-12-9(8)7-1-4-11-5-2-7/h1-2,4-5,8-9H,3,6,10H2. The summed E-state index contributed by atoms with van der Waals surface area (Å²) in [5, 5.41) is 0. The van der Waals surface area contributed by atoms with Crippen LogP contribution in [0.15, 0.2) is 24.5 Å². The molecule has 0 aliphatic carbocycles.